The summed E-state index contributed by atoms with van der Waals surface area (Å²) in [5.41, 5.74) is 1.63. The molecule has 1 aromatic carbocycles. The van der Waals surface area contributed by atoms with E-state index in [1.807, 2.05) is 19.1 Å². The van der Waals surface area contributed by atoms with Gasteiger partial charge in [0.2, 0.25) is 0 Å². The van der Waals surface area contributed by atoms with Gasteiger partial charge in [-0.15, -0.1) is 0 Å². The quantitative estimate of drug-likeness (QED) is 0.691. The lowest BCUT2D eigenvalue weighted by Crippen LogP contribution is -2.27. The minimum absolute atomic E-state index is 0.0771. The summed E-state index contributed by atoms with van der Waals surface area (Å²) in [6.07, 6.45) is 0.186. The highest BCUT2D eigenvalue weighted by atomic mass is 16.5. The summed E-state index contributed by atoms with van der Waals surface area (Å²) in [5.74, 6) is 0.905. The van der Waals surface area contributed by atoms with Crippen molar-refractivity contribution in [3.8, 4) is 5.75 Å². The first-order valence-electron chi connectivity index (χ1n) is 4.72. The summed E-state index contributed by atoms with van der Waals surface area (Å²) in [6.45, 7) is 4.36. The SMILES string of the molecule is CC(=O)c1ccc2c(c1)NCC(C)O2. The van der Waals surface area contributed by atoms with E-state index < -0.39 is 0 Å². The van der Waals surface area contributed by atoms with Crippen LogP contribution < -0.4 is 10.1 Å². The topological polar surface area (TPSA) is 38.3 Å². The van der Waals surface area contributed by atoms with E-state index in [1.165, 1.54) is 0 Å². The van der Waals surface area contributed by atoms with Gasteiger partial charge in [0, 0.05) is 5.56 Å². The smallest absolute Gasteiger partial charge is 0.159 e. The largest absolute Gasteiger partial charge is 0.487 e. The molecule has 1 heterocycles. The number of rotatable bonds is 1. The number of fused-ring (bicyclic) bond motifs is 1. The molecule has 1 aliphatic rings. The molecule has 3 nitrogen and oxygen atoms in total. The number of hydrogen-bond acceptors (Lipinski definition) is 3. The van der Waals surface area contributed by atoms with Crippen LogP contribution in [-0.2, 0) is 0 Å². The van der Waals surface area contributed by atoms with Crippen LogP contribution in [0, 0.1) is 0 Å². The minimum atomic E-state index is 0.0771. The van der Waals surface area contributed by atoms with Crippen LogP contribution in [0.4, 0.5) is 5.69 Å². The molecule has 1 aromatic rings. The van der Waals surface area contributed by atoms with Crippen LogP contribution >= 0.6 is 0 Å². The number of nitrogens with one attached hydrogen (secondary N) is 1. The fourth-order valence-electron chi connectivity index (χ4n) is 1.50. The fourth-order valence-corrected chi connectivity index (χ4v) is 1.50. The Morgan fingerprint density at radius 1 is 1.57 bits per heavy atom. The predicted molar refractivity (Wildman–Crippen MR) is 55.0 cm³/mol. The van der Waals surface area contributed by atoms with Crippen molar-refractivity contribution in [3.05, 3.63) is 23.8 Å². The van der Waals surface area contributed by atoms with Gasteiger partial charge in [0.1, 0.15) is 11.9 Å². The van der Waals surface area contributed by atoms with Crippen molar-refractivity contribution in [2.24, 2.45) is 0 Å². The molecule has 0 spiro atoms. The highest BCUT2D eigenvalue weighted by Crippen LogP contribution is 2.29. The number of carbonyl (C=O) groups is 1. The molecule has 0 aromatic heterocycles. The van der Waals surface area contributed by atoms with Crippen LogP contribution in [0.25, 0.3) is 0 Å². The Morgan fingerprint density at radius 2 is 2.36 bits per heavy atom. The molecule has 0 saturated carbocycles. The third kappa shape index (κ3) is 1.58. The lowest BCUT2D eigenvalue weighted by atomic mass is 10.1. The Kier molecular flexibility index (Phi) is 2.15. The summed E-state index contributed by atoms with van der Waals surface area (Å²) in [4.78, 5) is 11.1. The molecule has 0 bridgehead atoms. The number of Topliss-reactive ketones (excluding diaryl/α,β-unsaturated/α-hetero) is 1. The van der Waals surface area contributed by atoms with Gasteiger partial charge in [-0.05, 0) is 32.0 Å². The molecule has 14 heavy (non-hydrogen) atoms. The molecule has 2 rings (SSSR count). The van der Waals surface area contributed by atoms with Crippen LogP contribution in [0.3, 0.4) is 0 Å². The van der Waals surface area contributed by atoms with E-state index in [1.54, 1.807) is 13.0 Å². The van der Waals surface area contributed by atoms with Gasteiger partial charge in [0.25, 0.3) is 0 Å². The lowest BCUT2D eigenvalue weighted by molar-refractivity contribution is 0.101. The minimum Gasteiger partial charge on any atom is -0.487 e. The Morgan fingerprint density at radius 3 is 3.07 bits per heavy atom. The highest BCUT2D eigenvalue weighted by molar-refractivity contribution is 5.95. The summed E-state index contributed by atoms with van der Waals surface area (Å²) < 4.78 is 5.59. The van der Waals surface area contributed by atoms with Crippen LogP contribution in [0.5, 0.6) is 5.75 Å². The van der Waals surface area contributed by atoms with Crippen molar-refractivity contribution in [1.82, 2.24) is 0 Å². The number of ketones is 1. The van der Waals surface area contributed by atoms with E-state index in [0.717, 1.165) is 23.5 Å². The Bertz CT molecular complexity index is 374. The Balaban J connectivity index is 2.36. The molecule has 74 valence electrons. The lowest BCUT2D eigenvalue weighted by Gasteiger charge is -2.24. The first kappa shape index (κ1) is 9.06. The standard InChI is InChI=1S/C11H13NO2/c1-7-6-12-10-5-9(8(2)13)3-4-11(10)14-7/h3-5,7,12H,6H2,1-2H3. The zero-order valence-electron chi connectivity index (χ0n) is 8.33. The van der Waals surface area contributed by atoms with E-state index in [9.17, 15) is 4.79 Å². The van der Waals surface area contributed by atoms with Gasteiger partial charge in [-0.3, -0.25) is 4.79 Å². The number of ether oxygens (including phenoxy) is 1. The van der Waals surface area contributed by atoms with Gasteiger partial charge in [-0.1, -0.05) is 0 Å². The zero-order chi connectivity index (χ0) is 10.1. The maximum Gasteiger partial charge on any atom is 0.159 e. The van der Waals surface area contributed by atoms with Crippen LogP contribution in [0.1, 0.15) is 24.2 Å². The average Bonchev–Trinajstić information content (AvgIpc) is 2.16. The molecule has 0 aliphatic carbocycles. The van der Waals surface area contributed by atoms with Crippen molar-refractivity contribution < 1.29 is 9.53 Å². The second-order valence-electron chi connectivity index (χ2n) is 3.58. The molecule has 1 unspecified atom stereocenters. The second kappa shape index (κ2) is 3.33. The molecular formula is C11H13NO2. The van der Waals surface area contributed by atoms with Gasteiger partial charge in [0.05, 0.1) is 12.2 Å². The van der Waals surface area contributed by atoms with Gasteiger partial charge in [-0.2, -0.15) is 0 Å². The third-order valence-electron chi connectivity index (χ3n) is 2.29. The summed E-state index contributed by atoms with van der Waals surface area (Å²) in [6, 6.07) is 5.47. The van der Waals surface area contributed by atoms with Crippen molar-refractivity contribution in [3.63, 3.8) is 0 Å². The first-order valence-corrected chi connectivity index (χ1v) is 4.72. The van der Waals surface area contributed by atoms with E-state index in [0.29, 0.717) is 0 Å². The van der Waals surface area contributed by atoms with E-state index in [-0.39, 0.29) is 11.9 Å². The normalized spacial score (nSPS) is 19.1. The van der Waals surface area contributed by atoms with E-state index in [4.69, 9.17) is 4.74 Å². The predicted octanol–water partition coefficient (Wildman–Crippen LogP) is 2.08. The van der Waals surface area contributed by atoms with Crippen molar-refractivity contribution in [1.29, 1.82) is 0 Å². The molecular weight excluding hydrogens is 178 g/mol. The van der Waals surface area contributed by atoms with Gasteiger partial charge < -0.3 is 10.1 Å². The summed E-state index contributed by atoms with van der Waals surface area (Å²) in [7, 11) is 0. The Labute approximate surface area is 83.1 Å². The molecule has 1 atom stereocenters. The monoisotopic (exact) mass is 191 g/mol. The number of anilines is 1. The molecule has 1 aliphatic heterocycles. The van der Waals surface area contributed by atoms with Crippen LogP contribution in [0.15, 0.2) is 18.2 Å². The molecule has 0 amide bonds. The molecule has 0 radical (unpaired) electrons. The molecule has 1 N–H and O–H groups in total. The first-order chi connectivity index (χ1) is 6.66. The van der Waals surface area contributed by atoms with Crippen LogP contribution in [-0.4, -0.2) is 18.4 Å². The van der Waals surface area contributed by atoms with Crippen molar-refractivity contribution in [2.45, 2.75) is 20.0 Å². The number of carbonyl (C=O) groups excluding carboxylic acids is 1. The maximum atomic E-state index is 11.1. The van der Waals surface area contributed by atoms with Crippen LogP contribution in [0.2, 0.25) is 0 Å². The number of benzene rings is 1. The zero-order valence-corrected chi connectivity index (χ0v) is 8.33. The van der Waals surface area contributed by atoms with Gasteiger partial charge in [0.15, 0.2) is 5.78 Å². The van der Waals surface area contributed by atoms with Crippen molar-refractivity contribution >= 4 is 11.5 Å². The van der Waals surface area contributed by atoms with E-state index >= 15 is 0 Å². The van der Waals surface area contributed by atoms with E-state index in [2.05, 4.69) is 5.32 Å². The summed E-state index contributed by atoms with van der Waals surface area (Å²) >= 11 is 0. The molecule has 0 saturated heterocycles. The maximum absolute atomic E-state index is 11.1. The molecule has 0 fully saturated rings. The van der Waals surface area contributed by atoms with Gasteiger partial charge >= 0.3 is 0 Å². The van der Waals surface area contributed by atoms with Crippen molar-refractivity contribution in [2.75, 3.05) is 11.9 Å². The number of hydrogen-bond donors (Lipinski definition) is 1. The van der Waals surface area contributed by atoms with Gasteiger partial charge in [-0.25, -0.2) is 0 Å². The second-order valence-corrected chi connectivity index (χ2v) is 3.58. The Hall–Kier alpha value is -1.51. The average molecular weight is 191 g/mol. The molecule has 3 heteroatoms. The third-order valence-corrected chi connectivity index (χ3v) is 2.29. The fraction of sp³-hybridized carbons (Fsp3) is 0.364. The highest BCUT2D eigenvalue weighted by Gasteiger charge is 2.15. The summed E-state index contributed by atoms with van der Waals surface area (Å²) in [5, 5.41) is 3.23.